The molecule has 0 spiro atoms. The molecule has 1 aliphatic heterocycles. The van der Waals surface area contributed by atoms with E-state index in [-0.39, 0.29) is 36.1 Å². The van der Waals surface area contributed by atoms with Crippen LogP contribution in [-0.2, 0) is 22.6 Å². The normalized spacial score (nSPS) is 16.9. The third-order valence-corrected chi connectivity index (χ3v) is 6.81. The highest BCUT2D eigenvalue weighted by Crippen LogP contribution is 2.41. The predicted molar refractivity (Wildman–Crippen MR) is 135 cm³/mol. The summed E-state index contributed by atoms with van der Waals surface area (Å²) in [5.41, 5.74) is 4.65. The highest BCUT2D eigenvalue weighted by molar-refractivity contribution is 5.91. The van der Waals surface area contributed by atoms with Crippen LogP contribution in [0.1, 0.15) is 57.5 Å². The molecule has 3 aromatic rings. The first kappa shape index (κ1) is 24.1. The molecule has 1 N–H and O–H groups in total. The summed E-state index contributed by atoms with van der Waals surface area (Å²) in [5, 5.41) is 2.74. The number of carbonyl (C=O) groups excluding carboxylic acids is 2. The number of fused-ring (bicyclic) bond motifs is 1. The van der Waals surface area contributed by atoms with Crippen molar-refractivity contribution >= 4 is 11.8 Å². The second-order valence-corrected chi connectivity index (χ2v) is 9.53. The molecule has 5 rings (SSSR count). The quantitative estimate of drug-likeness (QED) is 0.451. The maximum atomic E-state index is 13.2. The molecule has 7 heteroatoms. The number of hydrogen-bond acceptors (Lipinski definition) is 5. The number of ether oxygens (including phenoxy) is 2. The van der Waals surface area contributed by atoms with Crippen LogP contribution in [0.4, 0.5) is 0 Å². The van der Waals surface area contributed by atoms with Gasteiger partial charge in [0.1, 0.15) is 18.1 Å². The van der Waals surface area contributed by atoms with E-state index < -0.39 is 0 Å². The number of methoxy groups -OCH3 is 1. The fourth-order valence-electron chi connectivity index (χ4n) is 4.68. The lowest BCUT2D eigenvalue weighted by Gasteiger charge is -2.38. The Labute approximate surface area is 211 Å². The second kappa shape index (κ2) is 10.6. The molecule has 2 amide bonds. The molecule has 0 unspecified atom stereocenters. The van der Waals surface area contributed by atoms with Gasteiger partial charge in [-0.3, -0.25) is 9.59 Å². The Hall–Kier alpha value is -3.58. The van der Waals surface area contributed by atoms with Crippen molar-refractivity contribution in [3.63, 3.8) is 0 Å². The molecule has 1 atom stereocenters. The van der Waals surface area contributed by atoms with Crippen molar-refractivity contribution in [2.75, 3.05) is 26.8 Å². The number of benzene rings is 2. The van der Waals surface area contributed by atoms with Gasteiger partial charge in [0.25, 0.3) is 5.91 Å². The summed E-state index contributed by atoms with van der Waals surface area (Å²) in [6.07, 6.45) is 2.80. The fourth-order valence-corrected chi connectivity index (χ4v) is 4.68. The van der Waals surface area contributed by atoms with Gasteiger partial charge in [0.2, 0.25) is 5.91 Å². The minimum Gasteiger partial charge on any atom is -0.486 e. The summed E-state index contributed by atoms with van der Waals surface area (Å²) >= 11 is 0. The number of nitrogens with one attached hydrogen (secondary N) is 1. The number of carbonyl (C=O) groups is 2. The minimum absolute atomic E-state index is 0.128. The number of furan rings is 1. The third kappa shape index (κ3) is 5.31. The molecule has 36 heavy (non-hydrogen) atoms. The molecule has 1 saturated carbocycles. The molecule has 1 fully saturated rings. The lowest BCUT2D eigenvalue weighted by molar-refractivity contribution is -0.134. The van der Waals surface area contributed by atoms with Crippen molar-refractivity contribution in [1.29, 1.82) is 0 Å². The van der Waals surface area contributed by atoms with Crippen LogP contribution in [0.25, 0.3) is 0 Å². The van der Waals surface area contributed by atoms with Gasteiger partial charge in [0.15, 0.2) is 5.76 Å². The number of nitrogens with zero attached hydrogens (tertiary/aromatic N) is 1. The first-order valence-electron chi connectivity index (χ1n) is 12.5. The van der Waals surface area contributed by atoms with E-state index >= 15 is 0 Å². The van der Waals surface area contributed by atoms with E-state index in [2.05, 4.69) is 47.5 Å². The number of hydrogen-bond donors (Lipinski definition) is 1. The molecule has 1 aromatic heterocycles. The lowest BCUT2D eigenvalue weighted by atomic mass is 9.87. The maximum Gasteiger partial charge on any atom is 0.287 e. The molecule has 2 heterocycles. The monoisotopic (exact) mass is 488 g/mol. The van der Waals surface area contributed by atoms with Crippen LogP contribution in [0.2, 0.25) is 0 Å². The molecule has 2 aliphatic rings. The summed E-state index contributed by atoms with van der Waals surface area (Å²) in [7, 11) is 1.58. The lowest BCUT2D eigenvalue weighted by Crippen LogP contribution is -2.41. The van der Waals surface area contributed by atoms with Gasteiger partial charge in [-0.2, -0.15) is 0 Å². The molecule has 7 nitrogen and oxygen atoms in total. The maximum absolute atomic E-state index is 13.2. The molecule has 188 valence electrons. The van der Waals surface area contributed by atoms with Crippen molar-refractivity contribution in [2.24, 2.45) is 5.92 Å². The van der Waals surface area contributed by atoms with E-state index in [1.165, 1.54) is 11.1 Å². The highest BCUT2D eigenvalue weighted by Gasteiger charge is 2.39. The molecular weight excluding hydrogens is 456 g/mol. The van der Waals surface area contributed by atoms with E-state index in [9.17, 15) is 9.59 Å². The number of amides is 2. The first-order chi connectivity index (χ1) is 17.5. The Bertz CT molecular complexity index is 1230. The zero-order valence-electron chi connectivity index (χ0n) is 20.8. The molecule has 1 aliphatic carbocycles. The molecule has 0 saturated heterocycles. The van der Waals surface area contributed by atoms with Gasteiger partial charge in [-0.05, 0) is 67.1 Å². The van der Waals surface area contributed by atoms with Gasteiger partial charge >= 0.3 is 0 Å². The summed E-state index contributed by atoms with van der Waals surface area (Å²) in [6, 6.07) is 17.8. The molecule has 0 radical (unpaired) electrons. The summed E-state index contributed by atoms with van der Waals surface area (Å²) < 4.78 is 16.7. The Balaban J connectivity index is 1.34. The molecule has 2 aromatic carbocycles. The predicted octanol–water partition coefficient (Wildman–Crippen LogP) is 4.43. The Morgan fingerprint density at radius 2 is 1.89 bits per heavy atom. The summed E-state index contributed by atoms with van der Waals surface area (Å²) in [6.45, 7) is 3.85. The van der Waals surface area contributed by atoms with Crippen LogP contribution in [-0.4, -0.2) is 43.5 Å². The van der Waals surface area contributed by atoms with E-state index in [0.29, 0.717) is 24.7 Å². The average molecular weight is 489 g/mol. The van der Waals surface area contributed by atoms with E-state index in [4.69, 9.17) is 13.9 Å². The van der Waals surface area contributed by atoms with Gasteiger partial charge in [-0.15, -0.1) is 0 Å². The first-order valence-corrected chi connectivity index (χ1v) is 12.5. The molecular formula is C29H32N2O5. The Morgan fingerprint density at radius 3 is 2.64 bits per heavy atom. The van der Waals surface area contributed by atoms with Crippen molar-refractivity contribution in [1.82, 2.24) is 10.2 Å². The zero-order chi connectivity index (χ0) is 25.1. The van der Waals surface area contributed by atoms with Gasteiger partial charge in [0.05, 0.1) is 12.6 Å². The van der Waals surface area contributed by atoms with Crippen LogP contribution in [0.15, 0.2) is 59.0 Å². The topological polar surface area (TPSA) is 81.0 Å². The van der Waals surface area contributed by atoms with Crippen LogP contribution in [0.5, 0.6) is 5.75 Å². The minimum atomic E-state index is -0.284. The van der Waals surface area contributed by atoms with Crippen LogP contribution in [0.3, 0.4) is 0 Å². The average Bonchev–Trinajstić information content (AvgIpc) is 3.64. The summed E-state index contributed by atoms with van der Waals surface area (Å²) in [5.74, 6) is 1.64. The number of aryl methyl sites for hydroxylation is 1. The van der Waals surface area contributed by atoms with E-state index in [0.717, 1.165) is 36.9 Å². The van der Waals surface area contributed by atoms with Crippen molar-refractivity contribution in [3.8, 4) is 5.75 Å². The third-order valence-electron chi connectivity index (χ3n) is 6.81. The van der Waals surface area contributed by atoms with Crippen LogP contribution < -0.4 is 10.1 Å². The van der Waals surface area contributed by atoms with Gasteiger partial charge < -0.3 is 24.1 Å². The van der Waals surface area contributed by atoms with Crippen molar-refractivity contribution in [3.05, 3.63) is 88.4 Å². The second-order valence-electron chi connectivity index (χ2n) is 9.53. The van der Waals surface area contributed by atoms with Crippen LogP contribution in [0, 0.1) is 12.8 Å². The fraction of sp³-hybridized carbons (Fsp3) is 0.379. The number of rotatable bonds is 9. The van der Waals surface area contributed by atoms with E-state index in [1.54, 1.807) is 19.2 Å². The Morgan fingerprint density at radius 1 is 1.08 bits per heavy atom. The largest absolute Gasteiger partial charge is 0.486 e. The van der Waals surface area contributed by atoms with E-state index in [1.807, 2.05) is 12.1 Å². The standard InChI is InChI=1S/C29H32N2O5/c1-19-3-5-21(6-4-19)27-25-17-23(10-9-20(25)13-15-31(27)29(33)22-7-8-22)35-18-24-11-12-26(36-24)28(32)30-14-16-34-2/h3-6,9-12,17,22,27H,7-8,13-16,18H2,1-2H3,(H,30,32)/t27-/m0/s1. The van der Waals surface area contributed by atoms with Gasteiger partial charge in [0, 0.05) is 26.1 Å². The zero-order valence-corrected chi connectivity index (χ0v) is 20.8. The smallest absolute Gasteiger partial charge is 0.287 e. The van der Waals surface area contributed by atoms with Gasteiger partial charge in [-0.1, -0.05) is 35.9 Å². The highest BCUT2D eigenvalue weighted by atomic mass is 16.5. The van der Waals surface area contributed by atoms with Crippen molar-refractivity contribution in [2.45, 2.75) is 38.8 Å². The summed E-state index contributed by atoms with van der Waals surface area (Å²) in [4.78, 5) is 27.4. The van der Waals surface area contributed by atoms with Crippen molar-refractivity contribution < 1.29 is 23.5 Å². The van der Waals surface area contributed by atoms with Gasteiger partial charge in [-0.25, -0.2) is 0 Å². The Kier molecular flexibility index (Phi) is 7.09. The molecule has 0 bridgehead atoms. The SMILES string of the molecule is COCCNC(=O)c1ccc(COc2ccc3c(c2)[C@H](c2ccc(C)cc2)N(C(=O)C2CC2)CC3)o1. The van der Waals surface area contributed by atoms with Crippen LogP contribution >= 0.6 is 0 Å².